The van der Waals surface area contributed by atoms with Crippen LogP contribution in [0.5, 0.6) is 0 Å². The Morgan fingerprint density at radius 3 is 2.68 bits per heavy atom. The van der Waals surface area contributed by atoms with Gasteiger partial charge >= 0.3 is 0 Å². The molecule has 4 heteroatoms. The van der Waals surface area contributed by atoms with Crippen molar-refractivity contribution in [2.24, 2.45) is 5.92 Å². The molecular formula is C15H25N3O. The van der Waals surface area contributed by atoms with E-state index in [2.05, 4.69) is 24.1 Å². The normalized spacial score (nSPS) is 12.7. The van der Waals surface area contributed by atoms with Crippen LogP contribution >= 0.6 is 0 Å². The number of carbonyl (C=O) groups is 1. The average Bonchev–Trinajstić information content (AvgIpc) is 2.36. The van der Waals surface area contributed by atoms with E-state index >= 15 is 0 Å². The number of aromatic nitrogens is 1. The Bertz CT molecular complexity index is 376. The monoisotopic (exact) mass is 263 g/mol. The standard InChI is InChI=1S/C15H25N3O/c1-12(2)10-14(13-6-5-8-16-11-13)17-15(19)7-9-18(3)4/h5-6,8,11-12,14H,7,9-10H2,1-4H3,(H,17,19)/t14-/m1/s1. The van der Waals surface area contributed by atoms with Gasteiger partial charge in [0.05, 0.1) is 6.04 Å². The molecular weight excluding hydrogens is 238 g/mol. The fourth-order valence-electron chi connectivity index (χ4n) is 1.92. The first kappa shape index (κ1) is 15.6. The Hall–Kier alpha value is -1.42. The molecule has 0 saturated carbocycles. The van der Waals surface area contributed by atoms with Crippen molar-refractivity contribution in [3.05, 3.63) is 30.1 Å². The number of nitrogens with zero attached hydrogens (tertiary/aromatic N) is 2. The SMILES string of the molecule is CC(C)C[C@@H](NC(=O)CCN(C)C)c1cccnc1. The lowest BCUT2D eigenvalue weighted by Gasteiger charge is -2.21. The van der Waals surface area contributed by atoms with Crippen LogP contribution in [0.4, 0.5) is 0 Å². The van der Waals surface area contributed by atoms with Crippen LogP contribution < -0.4 is 5.32 Å². The summed E-state index contributed by atoms with van der Waals surface area (Å²) in [6.07, 6.45) is 5.05. The Kier molecular flexibility index (Phi) is 6.50. The van der Waals surface area contributed by atoms with E-state index < -0.39 is 0 Å². The smallest absolute Gasteiger partial charge is 0.221 e. The highest BCUT2D eigenvalue weighted by Crippen LogP contribution is 2.20. The lowest BCUT2D eigenvalue weighted by atomic mass is 9.98. The second-order valence-electron chi connectivity index (χ2n) is 5.59. The van der Waals surface area contributed by atoms with Gasteiger partial charge in [0.15, 0.2) is 0 Å². The van der Waals surface area contributed by atoms with E-state index in [1.807, 2.05) is 37.3 Å². The van der Waals surface area contributed by atoms with Gasteiger partial charge in [-0.3, -0.25) is 9.78 Å². The number of carbonyl (C=O) groups excluding carboxylic acids is 1. The topological polar surface area (TPSA) is 45.2 Å². The molecule has 0 spiro atoms. The summed E-state index contributed by atoms with van der Waals surface area (Å²) in [5.41, 5.74) is 1.08. The van der Waals surface area contributed by atoms with Crippen molar-refractivity contribution in [2.75, 3.05) is 20.6 Å². The van der Waals surface area contributed by atoms with Gasteiger partial charge in [-0.15, -0.1) is 0 Å². The zero-order valence-electron chi connectivity index (χ0n) is 12.4. The van der Waals surface area contributed by atoms with Gasteiger partial charge in [0.25, 0.3) is 0 Å². The predicted molar refractivity (Wildman–Crippen MR) is 77.7 cm³/mol. The Morgan fingerprint density at radius 1 is 1.42 bits per heavy atom. The highest BCUT2D eigenvalue weighted by molar-refractivity contribution is 5.76. The molecule has 0 aliphatic heterocycles. The van der Waals surface area contributed by atoms with Crippen LogP contribution in [0.2, 0.25) is 0 Å². The predicted octanol–water partition coefficient (Wildman–Crippen LogP) is 2.24. The molecule has 106 valence electrons. The summed E-state index contributed by atoms with van der Waals surface area (Å²) in [4.78, 5) is 18.1. The summed E-state index contributed by atoms with van der Waals surface area (Å²) >= 11 is 0. The zero-order valence-corrected chi connectivity index (χ0v) is 12.4. The van der Waals surface area contributed by atoms with Crippen LogP contribution in [-0.4, -0.2) is 36.4 Å². The quantitative estimate of drug-likeness (QED) is 0.820. The van der Waals surface area contributed by atoms with Crippen molar-refractivity contribution in [1.82, 2.24) is 15.2 Å². The largest absolute Gasteiger partial charge is 0.349 e. The lowest BCUT2D eigenvalue weighted by molar-refractivity contribution is -0.122. The van der Waals surface area contributed by atoms with E-state index in [0.717, 1.165) is 18.5 Å². The first-order valence-electron chi connectivity index (χ1n) is 6.83. The minimum absolute atomic E-state index is 0.0587. The maximum Gasteiger partial charge on any atom is 0.221 e. The highest BCUT2D eigenvalue weighted by Gasteiger charge is 2.16. The Morgan fingerprint density at radius 2 is 2.16 bits per heavy atom. The molecule has 0 aliphatic rings. The minimum atomic E-state index is 0.0587. The van der Waals surface area contributed by atoms with Gasteiger partial charge in [-0.2, -0.15) is 0 Å². The van der Waals surface area contributed by atoms with E-state index in [4.69, 9.17) is 0 Å². The summed E-state index contributed by atoms with van der Waals surface area (Å²) in [6.45, 7) is 5.10. The van der Waals surface area contributed by atoms with Gasteiger partial charge in [-0.1, -0.05) is 19.9 Å². The highest BCUT2D eigenvalue weighted by atomic mass is 16.1. The van der Waals surface area contributed by atoms with Crippen molar-refractivity contribution in [1.29, 1.82) is 0 Å². The van der Waals surface area contributed by atoms with Gasteiger partial charge in [0.1, 0.15) is 0 Å². The fourth-order valence-corrected chi connectivity index (χ4v) is 1.92. The van der Waals surface area contributed by atoms with Crippen molar-refractivity contribution in [2.45, 2.75) is 32.7 Å². The third-order valence-corrected chi connectivity index (χ3v) is 2.92. The van der Waals surface area contributed by atoms with Gasteiger partial charge in [0, 0.05) is 25.4 Å². The second-order valence-corrected chi connectivity index (χ2v) is 5.59. The minimum Gasteiger partial charge on any atom is -0.349 e. The van der Waals surface area contributed by atoms with Gasteiger partial charge in [-0.05, 0) is 38.1 Å². The fraction of sp³-hybridized carbons (Fsp3) is 0.600. The number of pyridine rings is 1. The maximum absolute atomic E-state index is 12.0. The van der Waals surface area contributed by atoms with Crippen LogP contribution in [0.3, 0.4) is 0 Å². The number of nitrogens with one attached hydrogen (secondary N) is 1. The molecule has 1 aromatic heterocycles. The first-order chi connectivity index (χ1) is 8.99. The summed E-state index contributed by atoms with van der Waals surface area (Å²) in [5.74, 6) is 0.627. The van der Waals surface area contributed by atoms with E-state index in [0.29, 0.717) is 12.3 Å². The molecule has 1 amide bonds. The number of amides is 1. The molecule has 1 heterocycles. The van der Waals surface area contributed by atoms with E-state index in [9.17, 15) is 4.79 Å². The Labute approximate surface area is 116 Å². The molecule has 0 radical (unpaired) electrons. The van der Waals surface area contributed by atoms with Crippen LogP contribution in [0, 0.1) is 5.92 Å². The number of hydrogen-bond acceptors (Lipinski definition) is 3. The molecule has 1 atom stereocenters. The summed E-state index contributed by atoms with van der Waals surface area (Å²) < 4.78 is 0. The molecule has 1 rings (SSSR count). The average molecular weight is 263 g/mol. The number of rotatable bonds is 7. The molecule has 4 nitrogen and oxygen atoms in total. The molecule has 0 fully saturated rings. The van der Waals surface area contributed by atoms with Crippen molar-refractivity contribution < 1.29 is 4.79 Å². The molecule has 0 unspecified atom stereocenters. The van der Waals surface area contributed by atoms with E-state index in [-0.39, 0.29) is 11.9 Å². The third-order valence-electron chi connectivity index (χ3n) is 2.92. The van der Waals surface area contributed by atoms with Crippen molar-refractivity contribution in [3.8, 4) is 0 Å². The van der Waals surface area contributed by atoms with Gasteiger partial charge < -0.3 is 10.2 Å². The van der Waals surface area contributed by atoms with E-state index in [1.54, 1.807) is 6.20 Å². The number of hydrogen-bond donors (Lipinski definition) is 1. The molecule has 0 bridgehead atoms. The molecule has 0 aliphatic carbocycles. The maximum atomic E-state index is 12.0. The van der Waals surface area contributed by atoms with Gasteiger partial charge in [0.2, 0.25) is 5.91 Å². The zero-order chi connectivity index (χ0) is 14.3. The van der Waals surface area contributed by atoms with Crippen LogP contribution in [-0.2, 0) is 4.79 Å². The van der Waals surface area contributed by atoms with Crippen LogP contribution in [0.1, 0.15) is 38.3 Å². The van der Waals surface area contributed by atoms with Crippen molar-refractivity contribution in [3.63, 3.8) is 0 Å². The van der Waals surface area contributed by atoms with Crippen LogP contribution in [0.15, 0.2) is 24.5 Å². The van der Waals surface area contributed by atoms with Gasteiger partial charge in [-0.25, -0.2) is 0 Å². The van der Waals surface area contributed by atoms with Crippen LogP contribution in [0.25, 0.3) is 0 Å². The third kappa shape index (κ3) is 6.34. The molecule has 0 saturated heterocycles. The summed E-state index contributed by atoms with van der Waals surface area (Å²) in [7, 11) is 3.94. The molecule has 19 heavy (non-hydrogen) atoms. The summed E-state index contributed by atoms with van der Waals surface area (Å²) in [5, 5.41) is 3.11. The second kappa shape index (κ2) is 7.89. The summed E-state index contributed by atoms with van der Waals surface area (Å²) in [6, 6.07) is 3.99. The molecule has 1 N–H and O–H groups in total. The first-order valence-corrected chi connectivity index (χ1v) is 6.83. The molecule has 1 aromatic rings. The Balaban J connectivity index is 2.62. The van der Waals surface area contributed by atoms with E-state index in [1.165, 1.54) is 0 Å². The lowest BCUT2D eigenvalue weighted by Crippen LogP contribution is -2.31. The van der Waals surface area contributed by atoms with Crippen molar-refractivity contribution >= 4 is 5.91 Å². The molecule has 0 aromatic carbocycles.